The zero-order chi connectivity index (χ0) is 17.0. The van der Waals surface area contributed by atoms with Crippen LogP contribution in [-0.2, 0) is 14.4 Å². The number of carbonyl (C=O) groups is 3. The molecule has 1 atom stereocenters. The number of nitrogens with one attached hydrogen (secondary N) is 1. The van der Waals surface area contributed by atoms with Crippen LogP contribution < -0.4 is 5.32 Å². The Morgan fingerprint density at radius 2 is 1.96 bits per heavy atom. The second-order valence-corrected chi connectivity index (χ2v) is 5.82. The van der Waals surface area contributed by atoms with E-state index in [1.807, 2.05) is 0 Å². The molecule has 1 aromatic carbocycles. The van der Waals surface area contributed by atoms with Crippen LogP contribution in [0.4, 0.5) is 11.4 Å². The first-order valence-electron chi connectivity index (χ1n) is 7.44. The molecule has 1 aromatic rings. The highest BCUT2D eigenvalue weighted by molar-refractivity contribution is 6.12. The molecule has 2 rings (SSSR count). The van der Waals surface area contributed by atoms with Gasteiger partial charge >= 0.3 is 0 Å². The molecule has 0 heterocycles. The number of nitro groups is 1. The van der Waals surface area contributed by atoms with E-state index < -0.39 is 16.2 Å². The SMILES string of the molecule is CC(=O)CC[C@]1(C(=O)Nc2ccc([N+](=O)[O-])cc2)CCCC1=O. The lowest BCUT2D eigenvalue weighted by atomic mass is 9.79. The zero-order valence-electron chi connectivity index (χ0n) is 12.8. The normalized spacial score (nSPS) is 20.3. The summed E-state index contributed by atoms with van der Waals surface area (Å²) in [5.74, 6) is -0.638. The highest BCUT2D eigenvalue weighted by Crippen LogP contribution is 2.40. The Kier molecular flexibility index (Phi) is 4.88. The van der Waals surface area contributed by atoms with Crippen molar-refractivity contribution < 1.29 is 19.3 Å². The molecule has 0 radical (unpaired) electrons. The number of non-ortho nitro benzene ring substituents is 1. The number of benzene rings is 1. The van der Waals surface area contributed by atoms with Crippen molar-refractivity contribution in [3.05, 3.63) is 34.4 Å². The van der Waals surface area contributed by atoms with E-state index in [1.165, 1.54) is 31.2 Å². The second-order valence-electron chi connectivity index (χ2n) is 5.82. The van der Waals surface area contributed by atoms with Crippen LogP contribution in [0.3, 0.4) is 0 Å². The summed E-state index contributed by atoms with van der Waals surface area (Å²) in [5, 5.41) is 13.3. The van der Waals surface area contributed by atoms with Crippen LogP contribution in [0.5, 0.6) is 0 Å². The van der Waals surface area contributed by atoms with Gasteiger partial charge in [-0.25, -0.2) is 0 Å². The molecule has 1 aliphatic carbocycles. The molecule has 0 unspecified atom stereocenters. The summed E-state index contributed by atoms with van der Waals surface area (Å²) >= 11 is 0. The third-order valence-electron chi connectivity index (χ3n) is 4.22. The number of nitro benzene ring substituents is 1. The van der Waals surface area contributed by atoms with Crippen LogP contribution in [0.2, 0.25) is 0 Å². The molecule has 1 N–H and O–H groups in total. The number of anilines is 1. The molecule has 7 heteroatoms. The minimum atomic E-state index is -1.16. The van der Waals surface area contributed by atoms with Gasteiger partial charge in [0.25, 0.3) is 5.69 Å². The largest absolute Gasteiger partial charge is 0.325 e. The molecule has 23 heavy (non-hydrogen) atoms. The minimum absolute atomic E-state index is 0.0628. The van der Waals surface area contributed by atoms with Gasteiger partial charge in [-0.3, -0.25) is 19.7 Å². The smallest absolute Gasteiger partial charge is 0.269 e. The Hall–Kier alpha value is -2.57. The maximum Gasteiger partial charge on any atom is 0.269 e. The number of ketones is 2. The van der Waals surface area contributed by atoms with Gasteiger partial charge in [-0.05, 0) is 38.3 Å². The van der Waals surface area contributed by atoms with Crippen LogP contribution in [0, 0.1) is 15.5 Å². The molecular formula is C16H18N2O5. The highest BCUT2D eigenvalue weighted by Gasteiger charge is 2.48. The van der Waals surface area contributed by atoms with E-state index in [2.05, 4.69) is 5.32 Å². The van der Waals surface area contributed by atoms with Gasteiger partial charge in [0, 0.05) is 30.7 Å². The molecule has 0 bridgehead atoms. The van der Waals surface area contributed by atoms with Gasteiger partial charge < -0.3 is 10.1 Å². The number of Topliss-reactive ketones (excluding diaryl/α,β-unsaturated/α-hetero) is 2. The average Bonchev–Trinajstić information content (AvgIpc) is 2.88. The van der Waals surface area contributed by atoms with Crippen LogP contribution in [0.1, 0.15) is 39.0 Å². The number of hydrogen-bond donors (Lipinski definition) is 1. The fourth-order valence-corrected chi connectivity index (χ4v) is 2.85. The van der Waals surface area contributed by atoms with Gasteiger partial charge in [0.2, 0.25) is 5.91 Å². The van der Waals surface area contributed by atoms with E-state index in [0.29, 0.717) is 24.9 Å². The lowest BCUT2D eigenvalue weighted by Gasteiger charge is -2.25. The second kappa shape index (κ2) is 6.68. The van der Waals surface area contributed by atoms with E-state index in [1.54, 1.807) is 0 Å². The molecule has 122 valence electrons. The summed E-state index contributed by atoms with van der Waals surface area (Å²) in [5.41, 5.74) is -0.846. The van der Waals surface area contributed by atoms with E-state index in [-0.39, 0.29) is 30.1 Å². The van der Waals surface area contributed by atoms with Crippen molar-refractivity contribution in [1.82, 2.24) is 0 Å². The molecule has 0 aromatic heterocycles. The van der Waals surface area contributed by atoms with Crippen LogP contribution in [0.25, 0.3) is 0 Å². The molecule has 0 saturated heterocycles. The molecule has 1 aliphatic rings. The summed E-state index contributed by atoms with van der Waals surface area (Å²) in [6.07, 6.45) is 1.79. The molecule has 0 spiro atoms. The van der Waals surface area contributed by atoms with Crippen molar-refractivity contribution in [2.45, 2.75) is 39.0 Å². The topological polar surface area (TPSA) is 106 Å². The first-order chi connectivity index (χ1) is 10.8. The first kappa shape index (κ1) is 16.8. The maximum absolute atomic E-state index is 12.6. The molecular weight excluding hydrogens is 300 g/mol. The average molecular weight is 318 g/mol. The van der Waals surface area contributed by atoms with Crippen molar-refractivity contribution >= 4 is 28.8 Å². The minimum Gasteiger partial charge on any atom is -0.325 e. The van der Waals surface area contributed by atoms with E-state index in [4.69, 9.17) is 0 Å². The lowest BCUT2D eigenvalue weighted by Crippen LogP contribution is -2.40. The van der Waals surface area contributed by atoms with Gasteiger partial charge in [0.15, 0.2) is 0 Å². The van der Waals surface area contributed by atoms with E-state index in [0.717, 1.165) is 0 Å². The maximum atomic E-state index is 12.6. The number of hydrogen-bond acceptors (Lipinski definition) is 5. The van der Waals surface area contributed by atoms with Crippen molar-refractivity contribution in [2.24, 2.45) is 5.41 Å². The van der Waals surface area contributed by atoms with Gasteiger partial charge in [-0.15, -0.1) is 0 Å². The number of nitrogens with zero attached hydrogens (tertiary/aromatic N) is 1. The zero-order valence-corrected chi connectivity index (χ0v) is 12.8. The number of carbonyl (C=O) groups excluding carboxylic acids is 3. The fourth-order valence-electron chi connectivity index (χ4n) is 2.85. The molecule has 1 fully saturated rings. The standard InChI is InChI=1S/C16H18N2O5/c1-11(19)8-10-16(9-2-3-14(16)20)15(21)17-12-4-6-13(7-5-12)18(22)23/h4-7H,2-3,8-10H2,1H3,(H,17,21)/t16-/m1/s1. The Morgan fingerprint density at radius 1 is 1.30 bits per heavy atom. The fraction of sp³-hybridized carbons (Fsp3) is 0.438. The van der Waals surface area contributed by atoms with E-state index >= 15 is 0 Å². The van der Waals surface area contributed by atoms with Crippen LogP contribution >= 0.6 is 0 Å². The van der Waals surface area contributed by atoms with Crippen molar-refractivity contribution in [3.8, 4) is 0 Å². The van der Waals surface area contributed by atoms with Crippen molar-refractivity contribution in [2.75, 3.05) is 5.32 Å². The summed E-state index contributed by atoms with van der Waals surface area (Å²) in [6.45, 7) is 1.43. The summed E-state index contributed by atoms with van der Waals surface area (Å²) in [4.78, 5) is 46.1. The lowest BCUT2D eigenvalue weighted by molar-refractivity contribution is -0.384. The van der Waals surface area contributed by atoms with Gasteiger partial charge in [-0.1, -0.05) is 0 Å². The predicted molar refractivity (Wildman–Crippen MR) is 82.9 cm³/mol. The van der Waals surface area contributed by atoms with Gasteiger partial charge in [0.05, 0.1) is 4.92 Å². The third-order valence-corrected chi connectivity index (χ3v) is 4.22. The highest BCUT2D eigenvalue weighted by atomic mass is 16.6. The quantitative estimate of drug-likeness (QED) is 0.493. The molecule has 7 nitrogen and oxygen atoms in total. The predicted octanol–water partition coefficient (Wildman–Crippen LogP) is 2.64. The Labute approximate surface area is 133 Å². The summed E-state index contributed by atoms with van der Waals surface area (Å²) in [6, 6.07) is 5.42. The van der Waals surface area contributed by atoms with Gasteiger partial charge in [-0.2, -0.15) is 0 Å². The summed E-state index contributed by atoms with van der Waals surface area (Å²) in [7, 11) is 0. The molecule has 1 amide bonds. The molecule has 0 aliphatic heterocycles. The first-order valence-corrected chi connectivity index (χ1v) is 7.44. The molecule has 1 saturated carbocycles. The number of rotatable bonds is 6. The Balaban J connectivity index is 2.16. The van der Waals surface area contributed by atoms with E-state index in [9.17, 15) is 24.5 Å². The van der Waals surface area contributed by atoms with Gasteiger partial charge in [0.1, 0.15) is 17.0 Å². The number of amides is 1. The Morgan fingerprint density at radius 3 is 2.43 bits per heavy atom. The van der Waals surface area contributed by atoms with Crippen LogP contribution in [-0.4, -0.2) is 22.4 Å². The third kappa shape index (κ3) is 3.61. The van der Waals surface area contributed by atoms with Crippen molar-refractivity contribution in [1.29, 1.82) is 0 Å². The van der Waals surface area contributed by atoms with Crippen LogP contribution in [0.15, 0.2) is 24.3 Å². The monoisotopic (exact) mass is 318 g/mol. The summed E-state index contributed by atoms with van der Waals surface area (Å²) < 4.78 is 0. The van der Waals surface area contributed by atoms with Crippen molar-refractivity contribution in [3.63, 3.8) is 0 Å². The Bertz CT molecular complexity index is 653.